The highest BCUT2D eigenvalue weighted by atomic mass is 16.5. The second-order valence-electron chi connectivity index (χ2n) is 4.84. The first-order valence-corrected chi connectivity index (χ1v) is 7.70. The number of nitrogens with one attached hydrogen (secondary N) is 1. The Kier molecular flexibility index (Phi) is 15.8. The van der Waals surface area contributed by atoms with E-state index in [2.05, 4.69) is 19.2 Å². The molecule has 0 rings (SSSR count). The molecule has 0 aliphatic heterocycles. The number of hydrogen-bond donors (Lipinski definition) is 1. The van der Waals surface area contributed by atoms with Crippen molar-refractivity contribution in [3.63, 3.8) is 0 Å². The van der Waals surface area contributed by atoms with Gasteiger partial charge in [0.05, 0.1) is 6.61 Å². The van der Waals surface area contributed by atoms with Crippen LogP contribution in [0.2, 0.25) is 0 Å². The molecule has 0 heterocycles. The Bertz CT molecular complexity index is 114. The van der Waals surface area contributed by atoms with Gasteiger partial charge in [-0.3, -0.25) is 0 Å². The molecular formula is C15H33NO. The molecule has 0 unspecified atom stereocenters. The van der Waals surface area contributed by atoms with E-state index in [0.717, 1.165) is 26.3 Å². The van der Waals surface area contributed by atoms with Crippen LogP contribution in [0.1, 0.15) is 71.6 Å². The molecule has 104 valence electrons. The molecule has 0 saturated carbocycles. The molecule has 0 aromatic rings. The van der Waals surface area contributed by atoms with Crippen LogP contribution in [0.5, 0.6) is 0 Å². The normalized spacial score (nSPS) is 10.9. The summed E-state index contributed by atoms with van der Waals surface area (Å²) in [6.07, 6.45) is 12.0. The summed E-state index contributed by atoms with van der Waals surface area (Å²) < 4.78 is 5.58. The Balaban J connectivity index is 2.85. The van der Waals surface area contributed by atoms with Gasteiger partial charge in [0, 0.05) is 13.2 Å². The fourth-order valence-corrected chi connectivity index (χ4v) is 1.86. The molecule has 0 radical (unpaired) electrons. The molecule has 2 heteroatoms. The molecule has 0 saturated heterocycles. The summed E-state index contributed by atoms with van der Waals surface area (Å²) in [5.41, 5.74) is 0. The van der Waals surface area contributed by atoms with E-state index >= 15 is 0 Å². The molecular weight excluding hydrogens is 210 g/mol. The zero-order valence-electron chi connectivity index (χ0n) is 12.1. The Morgan fingerprint density at radius 1 is 0.647 bits per heavy atom. The van der Waals surface area contributed by atoms with E-state index in [-0.39, 0.29) is 0 Å². The van der Waals surface area contributed by atoms with Gasteiger partial charge in [0.1, 0.15) is 0 Å². The van der Waals surface area contributed by atoms with E-state index in [1.54, 1.807) is 0 Å². The van der Waals surface area contributed by atoms with Crippen LogP contribution in [-0.2, 0) is 4.74 Å². The van der Waals surface area contributed by atoms with Crippen molar-refractivity contribution in [3.8, 4) is 0 Å². The second-order valence-corrected chi connectivity index (χ2v) is 4.84. The van der Waals surface area contributed by atoms with Crippen LogP contribution in [-0.4, -0.2) is 26.3 Å². The van der Waals surface area contributed by atoms with E-state index in [1.807, 2.05) is 0 Å². The summed E-state index contributed by atoms with van der Waals surface area (Å²) in [5, 5.41) is 3.43. The smallest absolute Gasteiger partial charge is 0.0590 e. The van der Waals surface area contributed by atoms with Gasteiger partial charge in [-0.15, -0.1) is 0 Å². The first-order valence-electron chi connectivity index (χ1n) is 7.70. The summed E-state index contributed by atoms with van der Waals surface area (Å²) in [6.45, 7) is 8.49. The van der Waals surface area contributed by atoms with Crippen LogP contribution in [0.4, 0.5) is 0 Å². The van der Waals surface area contributed by atoms with Crippen LogP contribution in [0.15, 0.2) is 0 Å². The Labute approximate surface area is 109 Å². The molecule has 2 nitrogen and oxygen atoms in total. The van der Waals surface area contributed by atoms with E-state index in [4.69, 9.17) is 4.74 Å². The van der Waals surface area contributed by atoms with E-state index < -0.39 is 0 Å². The third-order valence-corrected chi connectivity index (χ3v) is 3.02. The maximum absolute atomic E-state index is 5.58. The molecule has 0 amide bonds. The van der Waals surface area contributed by atoms with Gasteiger partial charge in [-0.05, 0) is 19.4 Å². The quantitative estimate of drug-likeness (QED) is 0.463. The van der Waals surface area contributed by atoms with Crippen LogP contribution in [0, 0.1) is 0 Å². The van der Waals surface area contributed by atoms with Gasteiger partial charge in [-0.2, -0.15) is 0 Å². The standard InChI is InChI=1S/C15H33NO/c1-3-5-7-9-11-14-17-15-13-16-12-10-8-6-4-2/h16H,3-15H2,1-2H3. The van der Waals surface area contributed by atoms with Gasteiger partial charge in [0.25, 0.3) is 0 Å². The van der Waals surface area contributed by atoms with E-state index in [9.17, 15) is 0 Å². The van der Waals surface area contributed by atoms with Crippen molar-refractivity contribution in [2.24, 2.45) is 0 Å². The zero-order valence-corrected chi connectivity index (χ0v) is 12.1. The van der Waals surface area contributed by atoms with Crippen molar-refractivity contribution in [3.05, 3.63) is 0 Å². The minimum Gasteiger partial charge on any atom is -0.380 e. The minimum absolute atomic E-state index is 0.877. The highest BCUT2D eigenvalue weighted by Crippen LogP contribution is 2.02. The lowest BCUT2D eigenvalue weighted by Gasteiger charge is -2.06. The van der Waals surface area contributed by atoms with Crippen molar-refractivity contribution in [2.45, 2.75) is 71.6 Å². The predicted molar refractivity (Wildman–Crippen MR) is 76.6 cm³/mol. The lowest BCUT2D eigenvalue weighted by Crippen LogP contribution is -2.21. The topological polar surface area (TPSA) is 21.3 Å². The van der Waals surface area contributed by atoms with Crippen molar-refractivity contribution in [2.75, 3.05) is 26.3 Å². The maximum Gasteiger partial charge on any atom is 0.0590 e. The van der Waals surface area contributed by atoms with Gasteiger partial charge in [-0.1, -0.05) is 58.8 Å². The van der Waals surface area contributed by atoms with Crippen molar-refractivity contribution in [1.29, 1.82) is 0 Å². The monoisotopic (exact) mass is 243 g/mol. The Hall–Kier alpha value is -0.0800. The fraction of sp³-hybridized carbons (Fsp3) is 1.00. The van der Waals surface area contributed by atoms with E-state index in [0.29, 0.717) is 0 Å². The number of ether oxygens (including phenoxy) is 1. The van der Waals surface area contributed by atoms with Gasteiger partial charge in [0.2, 0.25) is 0 Å². The van der Waals surface area contributed by atoms with Crippen LogP contribution >= 0.6 is 0 Å². The summed E-state index contributed by atoms with van der Waals surface area (Å²) in [4.78, 5) is 0. The molecule has 0 atom stereocenters. The Morgan fingerprint density at radius 2 is 1.29 bits per heavy atom. The summed E-state index contributed by atoms with van der Waals surface area (Å²) in [5.74, 6) is 0. The highest BCUT2D eigenvalue weighted by molar-refractivity contribution is 4.48. The number of hydrogen-bond acceptors (Lipinski definition) is 2. The highest BCUT2D eigenvalue weighted by Gasteiger charge is 1.91. The third-order valence-electron chi connectivity index (χ3n) is 3.02. The summed E-state index contributed by atoms with van der Waals surface area (Å²) in [7, 11) is 0. The lowest BCUT2D eigenvalue weighted by atomic mass is 10.2. The molecule has 0 bridgehead atoms. The molecule has 0 aliphatic carbocycles. The van der Waals surface area contributed by atoms with Gasteiger partial charge in [0.15, 0.2) is 0 Å². The summed E-state index contributed by atoms with van der Waals surface area (Å²) >= 11 is 0. The van der Waals surface area contributed by atoms with Gasteiger partial charge >= 0.3 is 0 Å². The third kappa shape index (κ3) is 15.9. The molecule has 0 aromatic heterocycles. The average molecular weight is 243 g/mol. The number of unbranched alkanes of at least 4 members (excludes halogenated alkanes) is 7. The zero-order chi connectivity index (χ0) is 12.6. The second kappa shape index (κ2) is 15.9. The average Bonchev–Trinajstić information content (AvgIpc) is 2.35. The molecule has 17 heavy (non-hydrogen) atoms. The van der Waals surface area contributed by atoms with Crippen LogP contribution < -0.4 is 5.32 Å². The van der Waals surface area contributed by atoms with Crippen LogP contribution in [0.3, 0.4) is 0 Å². The SMILES string of the molecule is CCCCCCCOCCNCCCCCC. The van der Waals surface area contributed by atoms with Crippen molar-refractivity contribution < 1.29 is 4.74 Å². The summed E-state index contributed by atoms with van der Waals surface area (Å²) in [6, 6.07) is 0. The minimum atomic E-state index is 0.877. The van der Waals surface area contributed by atoms with E-state index in [1.165, 1.54) is 57.8 Å². The van der Waals surface area contributed by atoms with Gasteiger partial charge < -0.3 is 10.1 Å². The lowest BCUT2D eigenvalue weighted by molar-refractivity contribution is 0.131. The van der Waals surface area contributed by atoms with Gasteiger partial charge in [-0.25, -0.2) is 0 Å². The maximum atomic E-state index is 5.58. The fourth-order valence-electron chi connectivity index (χ4n) is 1.86. The molecule has 0 aromatic carbocycles. The van der Waals surface area contributed by atoms with Crippen molar-refractivity contribution >= 4 is 0 Å². The first kappa shape index (κ1) is 16.9. The molecule has 0 spiro atoms. The number of rotatable bonds is 14. The molecule has 1 N–H and O–H groups in total. The first-order chi connectivity index (χ1) is 8.41. The predicted octanol–water partition coefficient (Wildman–Crippen LogP) is 4.14. The molecule has 0 aliphatic rings. The Morgan fingerprint density at radius 3 is 2.00 bits per heavy atom. The largest absolute Gasteiger partial charge is 0.380 e. The van der Waals surface area contributed by atoms with Crippen LogP contribution in [0.25, 0.3) is 0 Å². The van der Waals surface area contributed by atoms with Crippen molar-refractivity contribution in [1.82, 2.24) is 5.32 Å². The molecule has 0 fully saturated rings.